The van der Waals surface area contributed by atoms with Gasteiger partial charge < -0.3 is 10.4 Å². The normalized spacial score (nSPS) is 18.7. The third-order valence-corrected chi connectivity index (χ3v) is 3.64. The summed E-state index contributed by atoms with van der Waals surface area (Å²) in [6.07, 6.45) is 3.92. The molecule has 1 aromatic carbocycles. The number of benzene rings is 1. The summed E-state index contributed by atoms with van der Waals surface area (Å²) in [4.78, 5) is 0. The first kappa shape index (κ1) is 12.0. The van der Waals surface area contributed by atoms with Gasteiger partial charge in [0.05, 0.1) is 16.3 Å². The number of rotatable bonds is 3. The molecule has 2 N–H and O–H groups in total. The molecule has 2 nitrogen and oxygen atoms in total. The molecule has 0 spiro atoms. The van der Waals surface area contributed by atoms with Crippen LogP contribution < -0.4 is 5.32 Å². The molecule has 0 bridgehead atoms. The number of hydrogen-bond donors (Lipinski definition) is 2. The van der Waals surface area contributed by atoms with E-state index in [-0.39, 0.29) is 0 Å². The first-order valence-corrected chi connectivity index (χ1v) is 6.26. The molecule has 1 saturated carbocycles. The van der Waals surface area contributed by atoms with E-state index in [2.05, 4.69) is 5.32 Å². The molecule has 88 valence electrons. The van der Waals surface area contributed by atoms with Gasteiger partial charge in [0.15, 0.2) is 0 Å². The summed E-state index contributed by atoms with van der Waals surface area (Å²) in [5.41, 5.74) is 0.209. The van der Waals surface area contributed by atoms with Gasteiger partial charge in [0.25, 0.3) is 0 Å². The Bertz CT molecular complexity index is 375. The van der Waals surface area contributed by atoms with Gasteiger partial charge in [0, 0.05) is 11.6 Å². The maximum Gasteiger partial charge on any atom is 0.0819 e. The van der Waals surface area contributed by atoms with Crippen molar-refractivity contribution in [2.75, 3.05) is 11.9 Å². The molecule has 0 heterocycles. The monoisotopic (exact) mass is 259 g/mol. The van der Waals surface area contributed by atoms with Crippen LogP contribution in [0.2, 0.25) is 10.0 Å². The number of anilines is 1. The van der Waals surface area contributed by atoms with Gasteiger partial charge in [-0.25, -0.2) is 0 Å². The second kappa shape index (κ2) is 4.82. The van der Waals surface area contributed by atoms with Crippen molar-refractivity contribution in [3.05, 3.63) is 28.2 Å². The summed E-state index contributed by atoms with van der Waals surface area (Å²) < 4.78 is 0. The fraction of sp³-hybridized carbons (Fsp3) is 0.500. The highest BCUT2D eigenvalue weighted by Crippen LogP contribution is 2.31. The van der Waals surface area contributed by atoms with Crippen molar-refractivity contribution in [3.63, 3.8) is 0 Å². The summed E-state index contributed by atoms with van der Waals surface area (Å²) in [5.74, 6) is 0. The van der Waals surface area contributed by atoms with Crippen molar-refractivity contribution >= 4 is 28.9 Å². The van der Waals surface area contributed by atoms with E-state index in [0.717, 1.165) is 31.4 Å². The molecule has 0 atom stereocenters. The minimum Gasteiger partial charge on any atom is -0.388 e. The average molecular weight is 260 g/mol. The number of hydrogen-bond acceptors (Lipinski definition) is 2. The van der Waals surface area contributed by atoms with E-state index < -0.39 is 5.60 Å². The molecule has 2 rings (SSSR count). The predicted molar refractivity (Wildman–Crippen MR) is 68.4 cm³/mol. The maximum atomic E-state index is 10.2. The van der Waals surface area contributed by atoms with Crippen LogP contribution in [-0.2, 0) is 0 Å². The van der Waals surface area contributed by atoms with Crippen molar-refractivity contribution < 1.29 is 5.11 Å². The van der Waals surface area contributed by atoms with E-state index in [1.165, 1.54) is 0 Å². The fourth-order valence-corrected chi connectivity index (χ4v) is 2.46. The van der Waals surface area contributed by atoms with Crippen LogP contribution in [0.15, 0.2) is 18.2 Å². The molecule has 0 saturated heterocycles. The van der Waals surface area contributed by atoms with Crippen molar-refractivity contribution in [2.24, 2.45) is 0 Å². The topological polar surface area (TPSA) is 32.3 Å². The van der Waals surface area contributed by atoms with Crippen molar-refractivity contribution in [1.29, 1.82) is 0 Å². The third kappa shape index (κ3) is 2.82. The molecule has 4 heteroatoms. The first-order chi connectivity index (χ1) is 7.59. The van der Waals surface area contributed by atoms with E-state index >= 15 is 0 Å². The summed E-state index contributed by atoms with van der Waals surface area (Å²) in [6, 6.07) is 5.28. The average Bonchev–Trinajstić information content (AvgIpc) is 2.67. The number of nitrogens with one attached hydrogen (secondary N) is 1. The van der Waals surface area contributed by atoms with Crippen molar-refractivity contribution in [1.82, 2.24) is 0 Å². The van der Waals surface area contributed by atoms with Crippen LogP contribution >= 0.6 is 23.2 Å². The summed E-state index contributed by atoms with van der Waals surface area (Å²) in [5, 5.41) is 14.6. The summed E-state index contributed by atoms with van der Waals surface area (Å²) >= 11 is 11.9. The molecule has 1 aromatic rings. The zero-order chi connectivity index (χ0) is 11.6. The minimum atomic E-state index is -0.578. The molecule has 1 aliphatic rings. The second-order valence-corrected chi connectivity index (χ2v) is 5.25. The van der Waals surface area contributed by atoms with Crippen LogP contribution in [0.1, 0.15) is 25.7 Å². The molecule has 0 radical (unpaired) electrons. The standard InChI is InChI=1S/C12H15Cl2NO/c13-9-3-4-10(14)11(7-9)15-8-12(16)5-1-2-6-12/h3-4,7,15-16H,1-2,5-6,8H2. The van der Waals surface area contributed by atoms with Gasteiger partial charge in [-0.2, -0.15) is 0 Å². The lowest BCUT2D eigenvalue weighted by atomic mass is 10.0. The molecule has 0 aliphatic heterocycles. The SMILES string of the molecule is OC1(CNc2cc(Cl)ccc2Cl)CCCC1. The zero-order valence-electron chi connectivity index (χ0n) is 8.97. The quantitative estimate of drug-likeness (QED) is 0.868. The molecule has 1 aliphatic carbocycles. The number of aliphatic hydroxyl groups is 1. The molecule has 16 heavy (non-hydrogen) atoms. The largest absolute Gasteiger partial charge is 0.388 e. The smallest absolute Gasteiger partial charge is 0.0819 e. The minimum absolute atomic E-state index is 0.535. The van der Waals surface area contributed by atoms with Crippen LogP contribution in [0.5, 0.6) is 0 Å². The second-order valence-electron chi connectivity index (χ2n) is 4.41. The van der Waals surface area contributed by atoms with Gasteiger partial charge >= 0.3 is 0 Å². The molecule has 1 fully saturated rings. The lowest BCUT2D eigenvalue weighted by Crippen LogP contribution is -2.33. The third-order valence-electron chi connectivity index (χ3n) is 3.07. The fourth-order valence-electron chi connectivity index (χ4n) is 2.10. The Morgan fingerprint density at radius 1 is 1.25 bits per heavy atom. The molecular formula is C12H15Cl2NO. The van der Waals surface area contributed by atoms with E-state index in [1.54, 1.807) is 18.2 Å². The molecule has 0 amide bonds. The van der Waals surface area contributed by atoms with Crippen molar-refractivity contribution in [3.8, 4) is 0 Å². The Hall–Kier alpha value is -0.440. The number of halogens is 2. The van der Waals surface area contributed by atoms with Gasteiger partial charge in [-0.1, -0.05) is 36.0 Å². The van der Waals surface area contributed by atoms with Gasteiger partial charge in [0.1, 0.15) is 0 Å². The molecule has 0 aromatic heterocycles. The van der Waals surface area contributed by atoms with Crippen LogP contribution in [0.3, 0.4) is 0 Å². The van der Waals surface area contributed by atoms with E-state index in [9.17, 15) is 5.11 Å². The Kier molecular flexibility index (Phi) is 3.63. The highest BCUT2D eigenvalue weighted by molar-refractivity contribution is 6.35. The van der Waals surface area contributed by atoms with Crippen LogP contribution in [-0.4, -0.2) is 17.3 Å². The molecular weight excluding hydrogens is 245 g/mol. The Labute approximate surface area is 106 Å². The lowest BCUT2D eigenvalue weighted by molar-refractivity contribution is 0.0615. The lowest BCUT2D eigenvalue weighted by Gasteiger charge is -2.23. The van der Waals surface area contributed by atoms with Gasteiger partial charge in [-0.15, -0.1) is 0 Å². The van der Waals surface area contributed by atoms with Gasteiger partial charge in [-0.05, 0) is 31.0 Å². The first-order valence-electron chi connectivity index (χ1n) is 5.50. The summed E-state index contributed by atoms with van der Waals surface area (Å²) in [6.45, 7) is 0.535. The van der Waals surface area contributed by atoms with E-state index in [4.69, 9.17) is 23.2 Å². The highest BCUT2D eigenvalue weighted by atomic mass is 35.5. The van der Waals surface area contributed by atoms with E-state index in [0.29, 0.717) is 16.6 Å². The van der Waals surface area contributed by atoms with Gasteiger partial charge in [-0.3, -0.25) is 0 Å². The van der Waals surface area contributed by atoms with Crippen LogP contribution in [0, 0.1) is 0 Å². The highest BCUT2D eigenvalue weighted by Gasteiger charge is 2.30. The van der Waals surface area contributed by atoms with Crippen molar-refractivity contribution in [2.45, 2.75) is 31.3 Å². The molecule has 0 unspecified atom stereocenters. The van der Waals surface area contributed by atoms with Gasteiger partial charge in [0.2, 0.25) is 0 Å². The predicted octanol–water partition coefficient (Wildman–Crippen LogP) is 3.71. The zero-order valence-corrected chi connectivity index (χ0v) is 10.5. The Morgan fingerprint density at radius 3 is 2.62 bits per heavy atom. The summed E-state index contributed by atoms with van der Waals surface area (Å²) in [7, 11) is 0. The van der Waals surface area contributed by atoms with Crippen LogP contribution in [0.25, 0.3) is 0 Å². The van der Waals surface area contributed by atoms with E-state index in [1.807, 2.05) is 0 Å². The van der Waals surface area contributed by atoms with Crippen LogP contribution in [0.4, 0.5) is 5.69 Å². The Morgan fingerprint density at radius 2 is 1.94 bits per heavy atom. The maximum absolute atomic E-state index is 10.2. The Balaban J connectivity index is 2.01.